The van der Waals surface area contributed by atoms with Gasteiger partial charge in [0.05, 0.1) is 5.69 Å². The van der Waals surface area contributed by atoms with Gasteiger partial charge >= 0.3 is 0 Å². The number of nitrogens with one attached hydrogen (secondary N) is 1. The van der Waals surface area contributed by atoms with Crippen molar-refractivity contribution >= 4 is 11.5 Å². The molecule has 2 aliphatic rings. The molecule has 1 fully saturated rings. The maximum absolute atomic E-state index is 4.35. The van der Waals surface area contributed by atoms with E-state index in [1.807, 2.05) is 12.3 Å². The van der Waals surface area contributed by atoms with Gasteiger partial charge in [0.15, 0.2) is 0 Å². The minimum atomic E-state index is 0.621. The Morgan fingerprint density at radius 2 is 2.54 bits per heavy atom. The Kier molecular flexibility index (Phi) is 1.45. The first-order valence-electron chi connectivity index (χ1n) is 4.90. The van der Waals surface area contributed by atoms with Gasteiger partial charge in [-0.25, -0.2) is 4.98 Å². The maximum Gasteiger partial charge on any atom is 0.149 e. The van der Waals surface area contributed by atoms with Crippen LogP contribution in [-0.2, 0) is 0 Å². The van der Waals surface area contributed by atoms with E-state index in [-0.39, 0.29) is 0 Å². The lowest BCUT2D eigenvalue weighted by Crippen LogP contribution is -2.46. The second-order valence-electron chi connectivity index (χ2n) is 3.80. The molecule has 0 amide bonds. The van der Waals surface area contributed by atoms with Crippen LogP contribution in [0.4, 0.5) is 11.5 Å². The number of anilines is 2. The summed E-state index contributed by atoms with van der Waals surface area (Å²) >= 11 is 0. The molecule has 0 aliphatic carbocycles. The van der Waals surface area contributed by atoms with E-state index in [0.717, 1.165) is 12.4 Å². The summed E-state index contributed by atoms with van der Waals surface area (Å²) in [6, 6.07) is 4.78. The highest BCUT2D eigenvalue weighted by Gasteiger charge is 2.27. The van der Waals surface area contributed by atoms with Gasteiger partial charge in [-0.2, -0.15) is 0 Å². The first-order valence-corrected chi connectivity index (χ1v) is 4.90. The van der Waals surface area contributed by atoms with Gasteiger partial charge in [0.25, 0.3) is 0 Å². The molecule has 0 radical (unpaired) electrons. The third-order valence-corrected chi connectivity index (χ3v) is 2.89. The van der Waals surface area contributed by atoms with E-state index >= 15 is 0 Å². The van der Waals surface area contributed by atoms with Crippen LogP contribution in [0.2, 0.25) is 0 Å². The monoisotopic (exact) mass is 175 g/mol. The van der Waals surface area contributed by atoms with Gasteiger partial charge in [-0.3, -0.25) is 0 Å². The van der Waals surface area contributed by atoms with Crippen molar-refractivity contribution in [3.8, 4) is 0 Å². The van der Waals surface area contributed by atoms with E-state index in [1.165, 1.54) is 25.1 Å². The van der Waals surface area contributed by atoms with Crippen molar-refractivity contribution in [1.82, 2.24) is 4.98 Å². The third kappa shape index (κ3) is 1.07. The Balaban J connectivity index is 2.06. The Labute approximate surface area is 77.8 Å². The third-order valence-electron chi connectivity index (χ3n) is 2.89. The van der Waals surface area contributed by atoms with Crippen molar-refractivity contribution in [1.29, 1.82) is 0 Å². The fourth-order valence-electron chi connectivity index (χ4n) is 2.27. The molecule has 68 valence electrons. The molecule has 0 spiro atoms. The number of hydrogen-bond donors (Lipinski definition) is 1. The minimum absolute atomic E-state index is 0.621. The highest BCUT2D eigenvalue weighted by molar-refractivity contribution is 5.68. The minimum Gasteiger partial charge on any atom is -0.367 e. The van der Waals surface area contributed by atoms with Gasteiger partial charge in [0.2, 0.25) is 0 Å². The van der Waals surface area contributed by atoms with Gasteiger partial charge in [-0.15, -0.1) is 0 Å². The van der Waals surface area contributed by atoms with Crippen molar-refractivity contribution in [2.45, 2.75) is 18.9 Å². The van der Waals surface area contributed by atoms with E-state index in [1.54, 1.807) is 0 Å². The zero-order valence-corrected chi connectivity index (χ0v) is 7.53. The van der Waals surface area contributed by atoms with Crippen LogP contribution in [-0.4, -0.2) is 24.1 Å². The van der Waals surface area contributed by atoms with E-state index in [9.17, 15) is 0 Å². The molecule has 2 bridgehead atoms. The van der Waals surface area contributed by atoms with Crippen LogP contribution in [0.25, 0.3) is 0 Å². The predicted octanol–water partition coefficient (Wildman–Crippen LogP) is 1.48. The summed E-state index contributed by atoms with van der Waals surface area (Å²) in [6.45, 7) is 2.34. The molecule has 1 aromatic rings. The van der Waals surface area contributed by atoms with Gasteiger partial charge in [-0.05, 0) is 25.0 Å². The molecule has 1 atom stereocenters. The van der Waals surface area contributed by atoms with Crippen molar-refractivity contribution in [3.63, 3.8) is 0 Å². The second kappa shape index (κ2) is 2.62. The second-order valence-corrected chi connectivity index (χ2v) is 3.80. The van der Waals surface area contributed by atoms with E-state index in [0.29, 0.717) is 6.04 Å². The van der Waals surface area contributed by atoms with Crippen LogP contribution in [0.5, 0.6) is 0 Å². The molecular formula is C10H13N3. The van der Waals surface area contributed by atoms with Crippen LogP contribution in [0.1, 0.15) is 12.8 Å². The fourth-order valence-corrected chi connectivity index (χ4v) is 2.27. The van der Waals surface area contributed by atoms with Crippen LogP contribution in [0, 0.1) is 0 Å². The van der Waals surface area contributed by atoms with Crippen molar-refractivity contribution in [2.24, 2.45) is 0 Å². The van der Waals surface area contributed by atoms with E-state index < -0.39 is 0 Å². The molecule has 1 saturated heterocycles. The van der Waals surface area contributed by atoms with Gasteiger partial charge in [0, 0.05) is 25.3 Å². The first kappa shape index (κ1) is 7.18. The number of rotatable bonds is 0. The SMILES string of the molecule is c1cnc2c(c1)N1CCC[C@@H](C1)N2. The average molecular weight is 175 g/mol. The molecule has 1 N–H and O–H groups in total. The molecule has 13 heavy (non-hydrogen) atoms. The normalized spacial score (nSPS) is 24.9. The summed E-state index contributed by atoms with van der Waals surface area (Å²) in [4.78, 5) is 6.79. The number of fused-ring (bicyclic) bond motifs is 4. The number of nitrogens with zero attached hydrogens (tertiary/aromatic N) is 2. The Morgan fingerprint density at radius 1 is 1.54 bits per heavy atom. The molecule has 3 heterocycles. The van der Waals surface area contributed by atoms with Gasteiger partial charge in [0.1, 0.15) is 5.82 Å². The molecule has 3 heteroatoms. The summed E-state index contributed by atoms with van der Waals surface area (Å²) in [6.07, 6.45) is 4.44. The van der Waals surface area contributed by atoms with Crippen LogP contribution in [0.3, 0.4) is 0 Å². The summed E-state index contributed by atoms with van der Waals surface area (Å²) in [5.74, 6) is 1.07. The fraction of sp³-hybridized carbons (Fsp3) is 0.500. The molecule has 3 nitrogen and oxygen atoms in total. The highest BCUT2D eigenvalue weighted by atomic mass is 15.2. The Morgan fingerprint density at radius 3 is 3.54 bits per heavy atom. The van der Waals surface area contributed by atoms with Gasteiger partial charge < -0.3 is 10.2 Å². The summed E-state index contributed by atoms with van der Waals surface area (Å²) in [7, 11) is 0. The molecule has 3 rings (SSSR count). The van der Waals surface area contributed by atoms with Crippen LogP contribution < -0.4 is 10.2 Å². The molecule has 2 aliphatic heterocycles. The topological polar surface area (TPSA) is 28.2 Å². The van der Waals surface area contributed by atoms with Crippen molar-refractivity contribution in [3.05, 3.63) is 18.3 Å². The van der Waals surface area contributed by atoms with Gasteiger partial charge in [-0.1, -0.05) is 0 Å². The quantitative estimate of drug-likeness (QED) is 0.647. The number of pyridine rings is 1. The van der Waals surface area contributed by atoms with Crippen molar-refractivity contribution < 1.29 is 0 Å². The lowest BCUT2D eigenvalue weighted by atomic mass is 10.0. The Hall–Kier alpha value is -1.25. The average Bonchev–Trinajstić information content (AvgIpc) is 2.18. The molecule has 1 aromatic heterocycles. The molecule has 0 aromatic carbocycles. The Bertz CT molecular complexity index is 324. The first-order chi connectivity index (χ1) is 6.43. The summed E-state index contributed by atoms with van der Waals surface area (Å²) in [5, 5.41) is 3.48. The van der Waals surface area contributed by atoms with Crippen molar-refractivity contribution in [2.75, 3.05) is 23.3 Å². The van der Waals surface area contributed by atoms with Crippen LogP contribution >= 0.6 is 0 Å². The summed E-state index contributed by atoms with van der Waals surface area (Å²) < 4.78 is 0. The molecule has 0 saturated carbocycles. The zero-order valence-electron chi connectivity index (χ0n) is 7.53. The maximum atomic E-state index is 4.35. The number of hydrogen-bond acceptors (Lipinski definition) is 3. The summed E-state index contributed by atoms with van der Waals surface area (Å²) in [5.41, 5.74) is 1.28. The molecular weight excluding hydrogens is 162 g/mol. The number of piperidine rings is 1. The number of aromatic nitrogens is 1. The largest absolute Gasteiger partial charge is 0.367 e. The standard InChI is InChI=1S/C10H13N3/c1-4-9-10(11-5-1)12-8-3-2-6-13(9)7-8/h1,4-5,8H,2-3,6-7H2,(H,11,12)/t8-/m0/s1. The highest BCUT2D eigenvalue weighted by Crippen LogP contribution is 2.32. The zero-order chi connectivity index (χ0) is 8.67. The predicted molar refractivity (Wildman–Crippen MR) is 53.1 cm³/mol. The smallest absolute Gasteiger partial charge is 0.149 e. The van der Waals surface area contributed by atoms with E-state index in [2.05, 4.69) is 21.3 Å². The lowest BCUT2D eigenvalue weighted by molar-refractivity contribution is 0.515. The lowest BCUT2D eigenvalue weighted by Gasteiger charge is -2.40. The van der Waals surface area contributed by atoms with Crippen LogP contribution in [0.15, 0.2) is 18.3 Å². The van der Waals surface area contributed by atoms with E-state index in [4.69, 9.17) is 0 Å². The molecule has 0 unspecified atom stereocenters.